The number of thioether (sulfide) groups is 1. The Bertz CT molecular complexity index is 1410. The lowest BCUT2D eigenvalue weighted by Gasteiger charge is -2.14. The topological polar surface area (TPSA) is 71.1 Å². The summed E-state index contributed by atoms with van der Waals surface area (Å²) in [6.07, 6.45) is 0.577. The monoisotopic (exact) mass is 559 g/mol. The largest absolute Gasteiger partial charge is 0.322 e. The number of rotatable bonds is 8. The van der Waals surface area contributed by atoms with E-state index in [2.05, 4.69) is 15.6 Å². The Morgan fingerprint density at radius 2 is 1.83 bits per heavy atom. The number of nitrogens with zero attached hydrogens (tertiary/aromatic N) is 1. The van der Waals surface area contributed by atoms with Crippen molar-refractivity contribution >= 4 is 68.9 Å². The number of carbonyl (C=O) groups is 2. The molecule has 3 aromatic carbocycles. The third-order valence-electron chi connectivity index (χ3n) is 5.10. The van der Waals surface area contributed by atoms with Gasteiger partial charge in [0, 0.05) is 21.5 Å². The van der Waals surface area contributed by atoms with E-state index in [1.54, 1.807) is 36.4 Å². The first-order chi connectivity index (χ1) is 17.3. The van der Waals surface area contributed by atoms with Crippen molar-refractivity contribution in [3.63, 3.8) is 0 Å². The second-order valence-corrected chi connectivity index (χ2v) is 10.6. The molecule has 0 aliphatic heterocycles. The van der Waals surface area contributed by atoms with Crippen LogP contribution in [0.2, 0.25) is 10.0 Å². The van der Waals surface area contributed by atoms with E-state index in [0.29, 0.717) is 33.0 Å². The van der Waals surface area contributed by atoms with E-state index in [-0.39, 0.29) is 16.7 Å². The van der Waals surface area contributed by atoms with Gasteiger partial charge in [0.15, 0.2) is 5.13 Å². The summed E-state index contributed by atoms with van der Waals surface area (Å²) in [5.74, 6) is -1.31. The molecule has 1 unspecified atom stereocenters. The first-order valence-corrected chi connectivity index (χ1v) is 13.4. The van der Waals surface area contributed by atoms with Crippen LogP contribution >= 0.6 is 46.3 Å². The normalized spacial score (nSPS) is 11.7. The number of hydrogen-bond donors (Lipinski definition) is 2. The number of hydrogen-bond acceptors (Lipinski definition) is 5. The first kappa shape index (κ1) is 26.2. The summed E-state index contributed by atoms with van der Waals surface area (Å²) in [5.41, 5.74) is 1.96. The SMILES string of the molecule is CCC(Sc1cccc(NC(=O)c2ccccc2F)c1)C(=O)Nc1nc(-c2ccc(Cl)c(Cl)c2)cs1. The number of carbonyl (C=O) groups excluding carboxylic acids is 2. The van der Waals surface area contributed by atoms with Gasteiger partial charge < -0.3 is 10.6 Å². The van der Waals surface area contributed by atoms with E-state index in [9.17, 15) is 14.0 Å². The van der Waals surface area contributed by atoms with Crippen molar-refractivity contribution in [1.29, 1.82) is 0 Å². The summed E-state index contributed by atoms with van der Waals surface area (Å²) >= 11 is 14.8. The third kappa shape index (κ3) is 6.44. The predicted octanol–water partition coefficient (Wildman–Crippen LogP) is 8.02. The molecular weight excluding hydrogens is 540 g/mol. The maximum Gasteiger partial charge on any atom is 0.258 e. The van der Waals surface area contributed by atoms with Gasteiger partial charge in [0.05, 0.1) is 26.6 Å². The number of thiazole rings is 1. The lowest BCUT2D eigenvalue weighted by molar-refractivity contribution is -0.115. The quantitative estimate of drug-likeness (QED) is 0.214. The van der Waals surface area contributed by atoms with Gasteiger partial charge in [0.1, 0.15) is 5.82 Å². The van der Waals surface area contributed by atoms with Gasteiger partial charge in [-0.25, -0.2) is 9.37 Å². The van der Waals surface area contributed by atoms with Crippen LogP contribution in [-0.4, -0.2) is 22.0 Å². The summed E-state index contributed by atoms with van der Waals surface area (Å²) < 4.78 is 13.9. The molecular formula is C26H20Cl2FN3O2S2. The molecule has 4 rings (SSSR count). The summed E-state index contributed by atoms with van der Waals surface area (Å²) in [6.45, 7) is 1.92. The molecule has 1 aromatic heterocycles. The molecule has 10 heteroatoms. The van der Waals surface area contributed by atoms with Gasteiger partial charge in [-0.2, -0.15) is 0 Å². The lowest BCUT2D eigenvalue weighted by atomic mass is 10.2. The van der Waals surface area contributed by atoms with Crippen molar-refractivity contribution in [2.24, 2.45) is 0 Å². The van der Waals surface area contributed by atoms with E-state index >= 15 is 0 Å². The summed E-state index contributed by atoms with van der Waals surface area (Å²) in [4.78, 5) is 30.7. The second-order valence-electron chi connectivity index (χ2n) is 7.63. The highest BCUT2D eigenvalue weighted by atomic mass is 35.5. The van der Waals surface area contributed by atoms with E-state index in [1.165, 1.54) is 41.3 Å². The van der Waals surface area contributed by atoms with Gasteiger partial charge in [-0.3, -0.25) is 9.59 Å². The van der Waals surface area contributed by atoms with Crippen LogP contribution in [0.5, 0.6) is 0 Å². The first-order valence-electron chi connectivity index (χ1n) is 10.9. The molecule has 0 aliphatic rings. The zero-order valence-corrected chi connectivity index (χ0v) is 22.1. The predicted molar refractivity (Wildman–Crippen MR) is 147 cm³/mol. The smallest absolute Gasteiger partial charge is 0.258 e. The molecule has 2 amide bonds. The standard InChI is InChI=1S/C26H20Cl2FN3O2S2/c1-2-23(25(34)32-26-31-22(14-35-26)15-10-11-19(27)20(28)12-15)36-17-7-5-6-16(13-17)30-24(33)18-8-3-4-9-21(18)29/h3-14,23H,2H2,1H3,(H,30,33)(H,31,32,34). The Hall–Kier alpha value is -2.91. The minimum absolute atomic E-state index is 0.0370. The van der Waals surface area contributed by atoms with Crippen LogP contribution in [0.15, 0.2) is 77.0 Å². The maximum atomic E-state index is 13.9. The van der Waals surface area contributed by atoms with Crippen molar-refractivity contribution in [3.8, 4) is 11.3 Å². The van der Waals surface area contributed by atoms with Gasteiger partial charge in [0.25, 0.3) is 5.91 Å². The summed E-state index contributed by atoms with van der Waals surface area (Å²) in [7, 11) is 0. The highest BCUT2D eigenvalue weighted by Crippen LogP contribution is 2.32. The molecule has 0 bridgehead atoms. The fourth-order valence-corrected chi connectivity index (χ4v) is 5.32. The maximum absolute atomic E-state index is 13.9. The Kier molecular flexibility index (Phi) is 8.64. The Morgan fingerprint density at radius 1 is 1.03 bits per heavy atom. The molecule has 1 heterocycles. The fourth-order valence-electron chi connectivity index (χ4n) is 3.28. The molecule has 0 radical (unpaired) electrons. The fraction of sp³-hybridized carbons (Fsp3) is 0.115. The molecule has 0 spiro atoms. The molecule has 5 nitrogen and oxygen atoms in total. The molecule has 2 N–H and O–H groups in total. The van der Waals surface area contributed by atoms with Crippen molar-refractivity contribution in [2.45, 2.75) is 23.5 Å². The van der Waals surface area contributed by atoms with Gasteiger partial charge in [-0.15, -0.1) is 23.1 Å². The zero-order chi connectivity index (χ0) is 25.7. The van der Waals surface area contributed by atoms with Crippen molar-refractivity contribution in [1.82, 2.24) is 4.98 Å². The van der Waals surface area contributed by atoms with Crippen LogP contribution in [0.25, 0.3) is 11.3 Å². The van der Waals surface area contributed by atoms with Gasteiger partial charge in [0.2, 0.25) is 5.91 Å². The molecule has 0 saturated heterocycles. The molecule has 0 aliphatic carbocycles. The Balaban J connectivity index is 1.41. The molecule has 0 fully saturated rings. The van der Waals surface area contributed by atoms with Gasteiger partial charge in [-0.05, 0) is 48.9 Å². The number of nitrogens with one attached hydrogen (secondary N) is 2. The minimum Gasteiger partial charge on any atom is -0.322 e. The molecule has 1 atom stereocenters. The van der Waals surface area contributed by atoms with Crippen molar-refractivity contribution in [2.75, 3.05) is 10.6 Å². The third-order valence-corrected chi connectivity index (χ3v) is 7.96. The lowest BCUT2D eigenvalue weighted by Crippen LogP contribution is -2.24. The average Bonchev–Trinajstić information content (AvgIpc) is 3.33. The summed E-state index contributed by atoms with van der Waals surface area (Å²) in [5, 5.41) is 8.41. The molecule has 0 saturated carbocycles. The number of amides is 2. The highest BCUT2D eigenvalue weighted by molar-refractivity contribution is 8.00. The number of benzene rings is 3. The van der Waals surface area contributed by atoms with E-state index in [1.807, 2.05) is 24.4 Å². The van der Waals surface area contributed by atoms with Crippen LogP contribution < -0.4 is 10.6 Å². The van der Waals surface area contributed by atoms with Gasteiger partial charge >= 0.3 is 0 Å². The van der Waals surface area contributed by atoms with Crippen LogP contribution in [0.4, 0.5) is 15.2 Å². The Morgan fingerprint density at radius 3 is 2.58 bits per heavy atom. The van der Waals surface area contributed by atoms with Gasteiger partial charge in [-0.1, -0.05) is 54.4 Å². The number of halogens is 3. The van der Waals surface area contributed by atoms with Crippen molar-refractivity contribution in [3.05, 3.63) is 93.5 Å². The zero-order valence-electron chi connectivity index (χ0n) is 18.9. The van der Waals surface area contributed by atoms with Crippen LogP contribution in [0, 0.1) is 5.82 Å². The molecule has 36 heavy (non-hydrogen) atoms. The Labute approximate surface area is 226 Å². The average molecular weight is 561 g/mol. The number of anilines is 2. The summed E-state index contributed by atoms with van der Waals surface area (Å²) in [6, 6.07) is 18.1. The van der Waals surface area contributed by atoms with E-state index in [4.69, 9.17) is 23.2 Å². The molecule has 4 aromatic rings. The molecule has 184 valence electrons. The second kappa shape index (κ2) is 11.9. The van der Waals surface area contributed by atoms with Crippen LogP contribution in [0.3, 0.4) is 0 Å². The van der Waals surface area contributed by atoms with E-state index in [0.717, 1.165) is 10.5 Å². The van der Waals surface area contributed by atoms with E-state index < -0.39 is 11.7 Å². The van der Waals surface area contributed by atoms with Crippen molar-refractivity contribution < 1.29 is 14.0 Å². The van der Waals surface area contributed by atoms with Crippen LogP contribution in [-0.2, 0) is 4.79 Å². The minimum atomic E-state index is -0.590. The highest BCUT2D eigenvalue weighted by Gasteiger charge is 2.20. The number of aromatic nitrogens is 1. The van der Waals surface area contributed by atoms with Crippen LogP contribution in [0.1, 0.15) is 23.7 Å².